The number of halogens is 1. The zero-order valence-electron chi connectivity index (χ0n) is 11.4. The minimum absolute atomic E-state index is 0.136. The number of hydrogen-bond acceptors (Lipinski definition) is 4. The maximum atomic E-state index is 11.9. The van der Waals surface area contributed by atoms with Gasteiger partial charge in [-0.15, -0.1) is 0 Å². The molecule has 0 bridgehead atoms. The maximum Gasteiger partial charge on any atom is 0.283 e. The van der Waals surface area contributed by atoms with E-state index in [0.717, 1.165) is 11.3 Å². The fourth-order valence-corrected chi connectivity index (χ4v) is 2.24. The van der Waals surface area contributed by atoms with E-state index in [1.807, 2.05) is 31.2 Å². The van der Waals surface area contributed by atoms with Crippen molar-refractivity contribution in [3.05, 3.63) is 50.9 Å². The zero-order chi connectivity index (χ0) is 14.5. The average Bonchev–Trinajstić information content (AvgIpc) is 2.49. The van der Waals surface area contributed by atoms with Crippen molar-refractivity contribution >= 4 is 21.6 Å². The normalized spacial score (nSPS) is 10.3. The Hall–Kier alpha value is -1.82. The molecule has 0 saturated carbocycles. The molecule has 0 amide bonds. The first kappa shape index (κ1) is 14.6. The molecular formula is C14H16BrN3O2. The summed E-state index contributed by atoms with van der Waals surface area (Å²) < 4.78 is 7.08. The molecule has 0 unspecified atom stereocenters. The lowest BCUT2D eigenvalue weighted by atomic mass is 10.2. The molecule has 1 aromatic heterocycles. The van der Waals surface area contributed by atoms with Crippen LogP contribution in [0.3, 0.4) is 0 Å². The number of nitrogens with one attached hydrogen (secondary N) is 1. The van der Waals surface area contributed by atoms with Crippen molar-refractivity contribution in [3.63, 3.8) is 0 Å². The molecule has 20 heavy (non-hydrogen) atoms. The molecule has 1 heterocycles. The minimum Gasteiger partial charge on any atom is -0.497 e. The number of rotatable bonds is 5. The summed E-state index contributed by atoms with van der Waals surface area (Å²) in [6.45, 7) is 3.02. The van der Waals surface area contributed by atoms with Crippen LogP contribution in [0, 0.1) is 0 Å². The summed E-state index contributed by atoms with van der Waals surface area (Å²) in [7, 11) is 1.64. The second-order valence-corrected chi connectivity index (χ2v) is 4.99. The molecule has 6 heteroatoms. The number of methoxy groups -OCH3 is 1. The molecular weight excluding hydrogens is 322 g/mol. The van der Waals surface area contributed by atoms with E-state index >= 15 is 0 Å². The lowest BCUT2D eigenvalue weighted by Gasteiger charge is -2.10. The molecule has 0 fully saturated rings. The van der Waals surface area contributed by atoms with E-state index in [1.165, 1.54) is 4.68 Å². The topological polar surface area (TPSA) is 56.1 Å². The van der Waals surface area contributed by atoms with Crippen LogP contribution in [0.4, 0.5) is 5.69 Å². The predicted molar refractivity (Wildman–Crippen MR) is 82.2 cm³/mol. The molecule has 0 aliphatic carbocycles. The Bertz CT molecular complexity index is 655. The van der Waals surface area contributed by atoms with E-state index in [1.54, 1.807) is 13.3 Å². The predicted octanol–water partition coefficient (Wildman–Crippen LogP) is 2.65. The summed E-state index contributed by atoms with van der Waals surface area (Å²) in [4.78, 5) is 11.9. The number of aromatic nitrogens is 2. The van der Waals surface area contributed by atoms with Crippen molar-refractivity contribution in [2.45, 2.75) is 20.0 Å². The van der Waals surface area contributed by atoms with Gasteiger partial charge in [-0.05, 0) is 40.5 Å². The van der Waals surface area contributed by atoms with Crippen molar-refractivity contribution in [1.29, 1.82) is 0 Å². The molecule has 0 atom stereocenters. The van der Waals surface area contributed by atoms with Gasteiger partial charge >= 0.3 is 0 Å². The molecule has 1 aromatic carbocycles. The van der Waals surface area contributed by atoms with Gasteiger partial charge < -0.3 is 10.1 Å². The highest BCUT2D eigenvalue weighted by atomic mass is 79.9. The van der Waals surface area contributed by atoms with Crippen LogP contribution < -0.4 is 15.6 Å². The van der Waals surface area contributed by atoms with Crippen LogP contribution >= 0.6 is 15.9 Å². The largest absolute Gasteiger partial charge is 0.497 e. The van der Waals surface area contributed by atoms with Crippen molar-refractivity contribution in [1.82, 2.24) is 9.78 Å². The van der Waals surface area contributed by atoms with E-state index in [9.17, 15) is 4.79 Å². The van der Waals surface area contributed by atoms with Gasteiger partial charge in [-0.3, -0.25) is 4.79 Å². The van der Waals surface area contributed by atoms with Crippen LogP contribution in [0.25, 0.3) is 0 Å². The third kappa shape index (κ3) is 3.19. The lowest BCUT2D eigenvalue weighted by Crippen LogP contribution is -2.23. The smallest absolute Gasteiger partial charge is 0.283 e. The van der Waals surface area contributed by atoms with Gasteiger partial charge in [-0.1, -0.05) is 12.1 Å². The first-order chi connectivity index (χ1) is 9.65. The molecule has 2 aromatic rings. The summed E-state index contributed by atoms with van der Waals surface area (Å²) in [6.07, 6.45) is 1.65. The average molecular weight is 338 g/mol. The first-order valence-electron chi connectivity index (χ1n) is 6.28. The highest BCUT2D eigenvalue weighted by molar-refractivity contribution is 9.10. The maximum absolute atomic E-state index is 11.9. The van der Waals surface area contributed by atoms with Crippen LogP contribution in [0.1, 0.15) is 12.5 Å². The fourth-order valence-electron chi connectivity index (χ4n) is 1.79. The van der Waals surface area contributed by atoms with Crippen molar-refractivity contribution < 1.29 is 4.74 Å². The third-order valence-corrected chi connectivity index (χ3v) is 3.67. The summed E-state index contributed by atoms with van der Waals surface area (Å²) in [5.41, 5.74) is 1.61. The highest BCUT2D eigenvalue weighted by Crippen LogP contribution is 2.18. The Labute approximate surface area is 125 Å². The summed E-state index contributed by atoms with van der Waals surface area (Å²) >= 11 is 3.31. The van der Waals surface area contributed by atoms with Crippen LogP contribution in [0.15, 0.2) is 39.7 Å². The first-order valence-corrected chi connectivity index (χ1v) is 7.07. The van der Waals surface area contributed by atoms with Gasteiger partial charge in [0.05, 0.1) is 19.0 Å². The van der Waals surface area contributed by atoms with E-state index in [-0.39, 0.29) is 5.56 Å². The van der Waals surface area contributed by atoms with Gasteiger partial charge in [0.25, 0.3) is 5.56 Å². The molecule has 0 aliphatic heterocycles. The van der Waals surface area contributed by atoms with Crippen molar-refractivity contribution in [2.24, 2.45) is 0 Å². The van der Waals surface area contributed by atoms with Crippen LogP contribution in [0.5, 0.6) is 5.75 Å². The number of aryl methyl sites for hydroxylation is 1. The molecule has 1 N–H and O–H groups in total. The second-order valence-electron chi connectivity index (χ2n) is 4.20. The van der Waals surface area contributed by atoms with Gasteiger partial charge in [0.2, 0.25) is 0 Å². The lowest BCUT2D eigenvalue weighted by molar-refractivity contribution is 0.414. The number of hydrogen-bond donors (Lipinski definition) is 1. The number of nitrogens with zero attached hydrogens (tertiary/aromatic N) is 2. The number of benzene rings is 1. The van der Waals surface area contributed by atoms with Crippen LogP contribution in [-0.4, -0.2) is 16.9 Å². The summed E-state index contributed by atoms with van der Waals surface area (Å²) in [6, 6.07) is 7.76. The highest BCUT2D eigenvalue weighted by Gasteiger charge is 2.07. The third-order valence-electron chi connectivity index (χ3n) is 2.90. The Morgan fingerprint density at radius 2 is 2.25 bits per heavy atom. The van der Waals surface area contributed by atoms with E-state index in [4.69, 9.17) is 4.74 Å². The van der Waals surface area contributed by atoms with Gasteiger partial charge in [-0.2, -0.15) is 5.10 Å². The molecule has 0 saturated heterocycles. The Balaban J connectivity index is 2.15. The second kappa shape index (κ2) is 6.56. The summed E-state index contributed by atoms with van der Waals surface area (Å²) in [5, 5.41) is 7.28. The van der Waals surface area contributed by atoms with E-state index in [0.29, 0.717) is 23.2 Å². The molecule has 2 rings (SSSR count). The number of anilines is 1. The van der Waals surface area contributed by atoms with Crippen LogP contribution in [-0.2, 0) is 13.1 Å². The Morgan fingerprint density at radius 1 is 1.45 bits per heavy atom. The molecule has 0 radical (unpaired) electrons. The SMILES string of the molecule is CCn1ncc(NCc2cccc(OC)c2)c(Br)c1=O. The molecule has 0 aliphatic rings. The molecule has 5 nitrogen and oxygen atoms in total. The quantitative estimate of drug-likeness (QED) is 0.911. The van der Waals surface area contributed by atoms with Gasteiger partial charge in [-0.25, -0.2) is 4.68 Å². The zero-order valence-corrected chi connectivity index (χ0v) is 13.0. The van der Waals surface area contributed by atoms with Gasteiger partial charge in [0.15, 0.2) is 0 Å². The Kier molecular flexibility index (Phi) is 4.79. The van der Waals surface area contributed by atoms with Crippen LogP contribution in [0.2, 0.25) is 0 Å². The van der Waals surface area contributed by atoms with Crippen molar-refractivity contribution in [3.8, 4) is 5.75 Å². The fraction of sp³-hybridized carbons (Fsp3) is 0.286. The van der Waals surface area contributed by atoms with E-state index < -0.39 is 0 Å². The molecule has 0 spiro atoms. The summed E-state index contributed by atoms with van der Waals surface area (Å²) in [5.74, 6) is 0.808. The van der Waals surface area contributed by atoms with Gasteiger partial charge in [0, 0.05) is 13.1 Å². The standard InChI is InChI=1S/C14H16BrN3O2/c1-3-18-14(19)13(15)12(9-17-18)16-8-10-5-4-6-11(7-10)20-2/h4-7,9,16H,3,8H2,1-2H3. The van der Waals surface area contributed by atoms with Crippen molar-refractivity contribution in [2.75, 3.05) is 12.4 Å². The molecule has 106 valence electrons. The Morgan fingerprint density at radius 3 is 2.95 bits per heavy atom. The minimum atomic E-state index is -0.136. The van der Waals surface area contributed by atoms with E-state index in [2.05, 4.69) is 26.3 Å². The number of ether oxygens (including phenoxy) is 1. The van der Waals surface area contributed by atoms with Gasteiger partial charge in [0.1, 0.15) is 10.2 Å². The monoisotopic (exact) mass is 337 g/mol.